The van der Waals surface area contributed by atoms with E-state index in [1.54, 1.807) is 0 Å². The maximum Gasteiger partial charge on any atom is 0.361 e. The van der Waals surface area contributed by atoms with Crippen molar-refractivity contribution >= 4 is 17.9 Å². The van der Waals surface area contributed by atoms with E-state index in [0.717, 1.165) is 109 Å². The third-order valence-corrected chi connectivity index (χ3v) is 17.5. The van der Waals surface area contributed by atoms with E-state index in [-0.39, 0.29) is 32.2 Å². The summed E-state index contributed by atoms with van der Waals surface area (Å²) in [4.78, 5) is 37.7. The van der Waals surface area contributed by atoms with Gasteiger partial charge in [0.1, 0.15) is 13.2 Å². The predicted molar refractivity (Wildman–Crippen MR) is 415 cm³/mol. The highest BCUT2D eigenvalue weighted by Crippen LogP contribution is 2.19. The number of unbranched alkanes of at least 4 members (excludes halogenated alkanes) is 39. The molecule has 0 bridgehead atoms. The van der Waals surface area contributed by atoms with E-state index < -0.39 is 24.3 Å². The van der Waals surface area contributed by atoms with Gasteiger partial charge in [0.15, 0.2) is 6.10 Å². The molecule has 0 aliphatic heterocycles. The summed E-state index contributed by atoms with van der Waals surface area (Å²) in [5.74, 6) is -2.03. The lowest BCUT2D eigenvalue weighted by molar-refractivity contribution is -0.870. The van der Waals surface area contributed by atoms with Crippen molar-refractivity contribution in [2.75, 3.05) is 47.5 Å². The zero-order chi connectivity index (χ0) is 69.7. The van der Waals surface area contributed by atoms with Gasteiger partial charge >= 0.3 is 17.9 Å². The molecule has 0 saturated heterocycles. The number of carbonyl (C=O) groups excluding carboxylic acids is 2. The van der Waals surface area contributed by atoms with Crippen molar-refractivity contribution in [3.8, 4) is 0 Å². The van der Waals surface area contributed by atoms with E-state index in [9.17, 15) is 19.5 Å². The normalized spacial score (nSPS) is 13.3. The lowest BCUT2D eigenvalue weighted by Gasteiger charge is -2.25. The van der Waals surface area contributed by atoms with Gasteiger partial charge in [-0.2, -0.15) is 0 Å². The Hall–Kier alpha value is -4.31. The monoisotopic (exact) mass is 1340 g/mol. The number of hydrogen-bond acceptors (Lipinski definition) is 7. The molecule has 9 heteroatoms. The van der Waals surface area contributed by atoms with Crippen LogP contribution in [0.15, 0.2) is 122 Å². The van der Waals surface area contributed by atoms with E-state index >= 15 is 0 Å². The zero-order valence-electron chi connectivity index (χ0n) is 63.3. The molecule has 0 fully saturated rings. The predicted octanol–water partition coefficient (Wildman–Crippen LogP) is 25.9. The highest BCUT2D eigenvalue weighted by atomic mass is 16.7. The molecule has 0 saturated carbocycles. The van der Waals surface area contributed by atoms with Crippen LogP contribution in [0.5, 0.6) is 0 Å². The molecule has 2 unspecified atom stereocenters. The molecule has 1 N–H and O–H groups in total. The average Bonchev–Trinajstić information content (AvgIpc) is 2.43. The number of ether oxygens (including phenoxy) is 4. The van der Waals surface area contributed by atoms with Gasteiger partial charge in [-0.1, -0.05) is 373 Å². The average molecular weight is 1340 g/mol. The van der Waals surface area contributed by atoms with Gasteiger partial charge in [0.05, 0.1) is 34.4 Å². The van der Waals surface area contributed by atoms with Gasteiger partial charge in [-0.3, -0.25) is 9.59 Å². The highest BCUT2D eigenvalue weighted by molar-refractivity contribution is 5.71. The number of likely N-dealkylation sites (N-methyl/N-ethyl adjacent to an activating group) is 1. The van der Waals surface area contributed by atoms with Gasteiger partial charge in [-0.15, -0.1) is 0 Å². The number of quaternary nitrogens is 1. The van der Waals surface area contributed by atoms with Crippen LogP contribution >= 0.6 is 0 Å². The number of hydrogen-bond donors (Lipinski definition) is 1. The van der Waals surface area contributed by atoms with E-state index in [1.807, 2.05) is 21.1 Å². The minimum absolute atomic E-state index is 0.178. The second-order valence-electron chi connectivity index (χ2n) is 28.0. The Morgan fingerprint density at radius 1 is 0.323 bits per heavy atom. The van der Waals surface area contributed by atoms with Gasteiger partial charge in [0, 0.05) is 12.8 Å². The largest absolute Gasteiger partial charge is 0.477 e. The second kappa shape index (κ2) is 76.4. The van der Waals surface area contributed by atoms with E-state index in [4.69, 9.17) is 18.9 Å². The molecule has 0 aromatic rings. The molecule has 552 valence electrons. The van der Waals surface area contributed by atoms with Crippen LogP contribution in [-0.2, 0) is 33.3 Å². The molecule has 0 aliphatic rings. The fourth-order valence-corrected chi connectivity index (χ4v) is 11.4. The summed E-state index contributed by atoms with van der Waals surface area (Å²) in [7, 11) is 5.97. The van der Waals surface area contributed by atoms with Crippen molar-refractivity contribution in [1.29, 1.82) is 0 Å². The summed E-state index contributed by atoms with van der Waals surface area (Å²) in [6.45, 7) is 4.77. The Balaban J connectivity index is 4.09. The molecule has 0 aromatic heterocycles. The fraction of sp³-hybridized carbons (Fsp3) is 0.736. The van der Waals surface area contributed by atoms with Crippen molar-refractivity contribution in [2.45, 2.75) is 367 Å². The molecule has 0 spiro atoms. The molecular formula is C87H152NO8+. The number of carbonyl (C=O) groups is 3. The smallest absolute Gasteiger partial charge is 0.361 e. The summed E-state index contributed by atoms with van der Waals surface area (Å²) in [6, 6.07) is 0. The highest BCUT2D eigenvalue weighted by Gasteiger charge is 2.25. The summed E-state index contributed by atoms with van der Waals surface area (Å²) in [5, 5.41) is 9.77. The summed E-state index contributed by atoms with van der Waals surface area (Å²) < 4.78 is 23.0. The van der Waals surface area contributed by atoms with Gasteiger partial charge in [0.25, 0.3) is 6.29 Å². The Morgan fingerprint density at radius 3 is 0.885 bits per heavy atom. The van der Waals surface area contributed by atoms with Crippen molar-refractivity contribution < 1.29 is 42.9 Å². The number of carboxylic acids is 1. The van der Waals surface area contributed by atoms with Crippen LogP contribution in [0.3, 0.4) is 0 Å². The van der Waals surface area contributed by atoms with Crippen molar-refractivity contribution in [1.82, 2.24) is 0 Å². The van der Waals surface area contributed by atoms with E-state index in [0.29, 0.717) is 23.9 Å². The van der Waals surface area contributed by atoms with Crippen LogP contribution in [-0.4, -0.2) is 87.4 Å². The third-order valence-electron chi connectivity index (χ3n) is 17.5. The lowest BCUT2D eigenvalue weighted by atomic mass is 10.0. The van der Waals surface area contributed by atoms with Crippen molar-refractivity contribution in [3.63, 3.8) is 0 Å². The topological polar surface area (TPSA) is 108 Å². The number of nitrogens with zero attached hydrogens (tertiary/aromatic N) is 1. The minimum Gasteiger partial charge on any atom is -0.477 e. The molecule has 0 rings (SSSR count). The molecule has 0 aliphatic carbocycles. The summed E-state index contributed by atoms with van der Waals surface area (Å²) in [6.07, 6.45) is 106. The number of rotatable bonds is 74. The zero-order valence-corrected chi connectivity index (χ0v) is 63.3. The number of esters is 2. The van der Waals surface area contributed by atoms with Gasteiger partial charge in [0.2, 0.25) is 0 Å². The Labute approximate surface area is 593 Å². The Kier molecular flexibility index (Phi) is 73.0. The number of aliphatic carboxylic acids is 1. The molecule has 2 atom stereocenters. The van der Waals surface area contributed by atoms with Crippen LogP contribution in [0.2, 0.25) is 0 Å². The van der Waals surface area contributed by atoms with Crippen molar-refractivity contribution in [3.05, 3.63) is 122 Å². The Morgan fingerprint density at radius 2 is 0.594 bits per heavy atom. The quantitative estimate of drug-likeness (QED) is 0.0211. The standard InChI is InChI=1S/C87H151NO8/c1-6-8-10-12-14-16-18-20-22-24-26-28-30-32-34-36-38-40-42-44-45-47-49-51-53-55-57-59-61-63-65-67-69-71-73-75-77-84(89)94-81-83(82-95-87(86(91)92)93-80-79-88(3,4)5)96-85(90)78-76-74-72-70-68-66-64-62-60-58-56-54-52-50-48-46-43-41-39-37-35-33-31-29-27-25-23-21-19-17-15-13-11-9-7-2/h9,11,15,17,21,23,27,29,33,35,39,41,46,48,52,54,58,60,64,66,83,87H,6-8,10,12-14,16,18-20,22,24-26,28,30-32,34,36-38,40,42-45,47,49-51,53,55-57,59,61-63,65,67-82H2,1-5H3/p+1/b11-9-,17-15-,23-21-,29-27-,35-33-,41-39-,48-46-,54-52-,60-58-,66-64-. The third kappa shape index (κ3) is 77.0. The first-order chi connectivity index (χ1) is 47.1. The first-order valence-corrected chi connectivity index (χ1v) is 40.2. The van der Waals surface area contributed by atoms with Gasteiger partial charge in [-0.25, -0.2) is 4.79 Å². The summed E-state index contributed by atoms with van der Waals surface area (Å²) >= 11 is 0. The number of allylic oxidation sites excluding steroid dienone is 20. The number of carboxylic acid groups (broad SMARTS) is 1. The minimum atomic E-state index is -1.53. The molecule has 0 aromatic carbocycles. The Bertz CT molecular complexity index is 2000. The maximum absolute atomic E-state index is 13.0. The molecular weight excluding hydrogens is 1190 g/mol. The van der Waals surface area contributed by atoms with Crippen LogP contribution in [0.25, 0.3) is 0 Å². The van der Waals surface area contributed by atoms with Crippen LogP contribution < -0.4 is 0 Å². The SMILES string of the molecule is CC/C=C\C/C=C\C/C=C\C/C=C\C/C=C\C/C=C\C/C=C\C/C=C\C/C=C\C/C=C\CCCCCCC(=O)OC(COC(=O)CCCCCCCCCCCCCCCCCCCCCCCCCCCCCCCCCCCCCC)COC(OCC[N+](C)(C)C)C(=O)O. The van der Waals surface area contributed by atoms with Gasteiger partial charge < -0.3 is 28.5 Å². The van der Waals surface area contributed by atoms with Gasteiger partial charge in [-0.05, 0) is 89.9 Å². The van der Waals surface area contributed by atoms with Crippen LogP contribution in [0.4, 0.5) is 0 Å². The maximum atomic E-state index is 13.0. The van der Waals surface area contributed by atoms with Crippen LogP contribution in [0, 0.1) is 0 Å². The molecule has 0 heterocycles. The summed E-state index contributed by atoms with van der Waals surface area (Å²) in [5.41, 5.74) is 0. The fourth-order valence-electron chi connectivity index (χ4n) is 11.4. The van der Waals surface area contributed by atoms with E-state index in [1.165, 1.54) is 212 Å². The first kappa shape index (κ1) is 91.7. The molecule has 9 nitrogen and oxygen atoms in total. The lowest BCUT2D eigenvalue weighted by Crippen LogP contribution is -2.40. The molecule has 0 amide bonds. The van der Waals surface area contributed by atoms with E-state index in [2.05, 4.69) is 135 Å². The second-order valence-corrected chi connectivity index (χ2v) is 28.0. The van der Waals surface area contributed by atoms with Crippen molar-refractivity contribution in [2.24, 2.45) is 0 Å². The molecule has 0 radical (unpaired) electrons. The first-order valence-electron chi connectivity index (χ1n) is 40.2. The molecule has 96 heavy (non-hydrogen) atoms. The van der Waals surface area contributed by atoms with Crippen LogP contribution in [0.1, 0.15) is 354 Å².